The predicted molar refractivity (Wildman–Crippen MR) is 109 cm³/mol. The number of benzene rings is 2. The molecule has 29 heavy (non-hydrogen) atoms. The lowest BCUT2D eigenvalue weighted by Crippen LogP contribution is -2.24. The molecule has 0 spiro atoms. The maximum absolute atomic E-state index is 14.3. The van der Waals surface area contributed by atoms with Gasteiger partial charge in [0.25, 0.3) is 5.91 Å². The molecular weight excluding hydrogens is 375 g/mol. The number of anilines is 1. The number of pyridine rings is 1. The normalized spacial score (nSPS) is 12.0. The van der Waals surface area contributed by atoms with Crippen LogP contribution in [-0.2, 0) is 6.61 Å². The molecule has 0 bridgehead atoms. The van der Waals surface area contributed by atoms with Gasteiger partial charge in [0.15, 0.2) is 11.6 Å². The molecule has 0 aliphatic rings. The maximum atomic E-state index is 14.3. The summed E-state index contributed by atoms with van der Waals surface area (Å²) in [7, 11) is 3.20. The van der Waals surface area contributed by atoms with E-state index in [9.17, 15) is 14.3 Å². The van der Waals surface area contributed by atoms with Gasteiger partial charge in [-0.3, -0.25) is 9.78 Å². The van der Waals surface area contributed by atoms with Crippen LogP contribution in [0.3, 0.4) is 0 Å². The summed E-state index contributed by atoms with van der Waals surface area (Å²) in [5.74, 6) is -0.894. The van der Waals surface area contributed by atoms with Gasteiger partial charge in [-0.15, -0.1) is 0 Å². The van der Waals surface area contributed by atoms with Crippen LogP contribution in [0.5, 0.6) is 5.75 Å². The quantitative estimate of drug-likeness (QED) is 0.464. The average molecular weight is 398 g/mol. The molecule has 0 unspecified atom stereocenters. The van der Waals surface area contributed by atoms with Crippen molar-refractivity contribution in [3.05, 3.63) is 65.1 Å². The number of aliphatic hydroxyl groups excluding tert-OH is 1. The van der Waals surface area contributed by atoms with Gasteiger partial charge in [0, 0.05) is 23.7 Å². The number of amides is 1. The molecule has 3 rings (SSSR count). The summed E-state index contributed by atoms with van der Waals surface area (Å²) in [4.78, 5) is 16.1. The van der Waals surface area contributed by atoms with Crippen molar-refractivity contribution in [3.63, 3.8) is 0 Å². The van der Waals surface area contributed by atoms with E-state index in [1.807, 2.05) is 0 Å². The fourth-order valence-corrected chi connectivity index (χ4v) is 3.28. The van der Waals surface area contributed by atoms with Crippen LogP contribution in [0.4, 0.5) is 10.1 Å². The summed E-state index contributed by atoms with van der Waals surface area (Å²) in [6.07, 6.45) is 1.50. The molecule has 0 radical (unpaired) electrons. The lowest BCUT2D eigenvalue weighted by molar-refractivity contribution is 0.100. The number of nitrogens with zero attached hydrogens (tertiary/aromatic N) is 1. The van der Waals surface area contributed by atoms with E-state index in [1.54, 1.807) is 37.4 Å². The van der Waals surface area contributed by atoms with Crippen LogP contribution in [0.1, 0.15) is 27.5 Å². The van der Waals surface area contributed by atoms with Crippen LogP contribution >= 0.6 is 0 Å². The number of aliphatic hydroxyl groups is 1. The number of para-hydroxylation sites is 1. The van der Waals surface area contributed by atoms with Gasteiger partial charge in [-0.1, -0.05) is 18.2 Å². The number of fused-ring (bicyclic) bond motifs is 1. The van der Waals surface area contributed by atoms with Gasteiger partial charge >= 0.3 is 0 Å². The van der Waals surface area contributed by atoms with Crippen LogP contribution in [0.15, 0.2) is 42.6 Å². The first-order chi connectivity index (χ1) is 14.0. The third-order valence-electron chi connectivity index (χ3n) is 4.72. The van der Waals surface area contributed by atoms with Gasteiger partial charge in [0.1, 0.15) is 0 Å². The number of hydrogen-bond donors (Lipinski definition) is 4. The molecule has 5 N–H and O–H groups in total. The number of rotatable bonds is 8. The molecular formula is C21H23FN4O3. The number of ether oxygens (including phenoxy) is 1. The van der Waals surface area contributed by atoms with E-state index in [0.717, 1.165) is 0 Å². The van der Waals surface area contributed by atoms with Gasteiger partial charge in [0.2, 0.25) is 0 Å². The highest BCUT2D eigenvalue weighted by Crippen LogP contribution is 2.32. The molecule has 1 atom stereocenters. The summed E-state index contributed by atoms with van der Waals surface area (Å²) >= 11 is 0. The van der Waals surface area contributed by atoms with E-state index in [0.29, 0.717) is 34.3 Å². The summed E-state index contributed by atoms with van der Waals surface area (Å²) in [5.41, 5.74) is 8.04. The maximum Gasteiger partial charge on any atom is 0.250 e. The number of methoxy groups -OCH3 is 1. The van der Waals surface area contributed by atoms with E-state index < -0.39 is 11.7 Å². The van der Waals surface area contributed by atoms with Crippen molar-refractivity contribution in [2.45, 2.75) is 12.6 Å². The zero-order valence-electron chi connectivity index (χ0n) is 16.2. The molecule has 3 aromatic rings. The van der Waals surface area contributed by atoms with Crippen LogP contribution in [0.2, 0.25) is 0 Å². The van der Waals surface area contributed by atoms with Crippen molar-refractivity contribution in [1.29, 1.82) is 0 Å². The Bertz CT molecular complexity index is 1040. The molecule has 7 nitrogen and oxygen atoms in total. The Morgan fingerprint density at radius 3 is 2.76 bits per heavy atom. The molecule has 0 aliphatic heterocycles. The van der Waals surface area contributed by atoms with Crippen LogP contribution in [-0.4, -0.2) is 36.7 Å². The summed E-state index contributed by atoms with van der Waals surface area (Å²) in [6.45, 7) is 0.227. The SMILES string of the molecule is CNC[C@@H](Nc1c(CO)cnc2c(C(N)=O)cccc12)c1ccc(OC)c(F)c1. The molecule has 1 heterocycles. The Balaban J connectivity index is 2.11. The number of primary amides is 1. The lowest BCUT2D eigenvalue weighted by Gasteiger charge is -2.23. The van der Waals surface area contributed by atoms with Gasteiger partial charge in [-0.05, 0) is 30.8 Å². The summed E-state index contributed by atoms with van der Waals surface area (Å²) in [5, 5.41) is 16.9. The largest absolute Gasteiger partial charge is 0.494 e. The number of nitrogens with two attached hydrogens (primary N) is 1. The van der Waals surface area contributed by atoms with Crippen molar-refractivity contribution < 1.29 is 19.0 Å². The molecule has 0 saturated heterocycles. The second-order valence-electron chi connectivity index (χ2n) is 6.53. The van der Waals surface area contributed by atoms with Gasteiger partial charge in [-0.2, -0.15) is 0 Å². The van der Waals surface area contributed by atoms with Gasteiger partial charge in [-0.25, -0.2) is 4.39 Å². The van der Waals surface area contributed by atoms with E-state index >= 15 is 0 Å². The topological polar surface area (TPSA) is 110 Å². The number of nitrogens with one attached hydrogen (secondary N) is 2. The van der Waals surface area contributed by atoms with Crippen LogP contribution in [0.25, 0.3) is 10.9 Å². The summed E-state index contributed by atoms with van der Waals surface area (Å²) in [6, 6.07) is 9.52. The second kappa shape index (κ2) is 8.85. The number of carbonyl (C=O) groups excluding carboxylic acids is 1. The molecule has 152 valence electrons. The molecule has 0 saturated carbocycles. The predicted octanol–water partition coefficient (Wildman–Crippen LogP) is 2.35. The average Bonchev–Trinajstić information content (AvgIpc) is 2.72. The third-order valence-corrected chi connectivity index (χ3v) is 4.72. The third kappa shape index (κ3) is 4.13. The van der Waals surface area contributed by atoms with Crippen molar-refractivity contribution in [3.8, 4) is 5.75 Å². The van der Waals surface area contributed by atoms with Crippen molar-refractivity contribution in [2.24, 2.45) is 5.73 Å². The molecule has 2 aromatic carbocycles. The standard InChI is InChI=1S/C21H23FN4O3/c1-24-10-17(12-6-7-18(29-2)16(22)8-12)26-19-13(11-27)9-25-20-14(19)4-3-5-15(20)21(23)28/h3-9,17,24,27H,10-11H2,1-2H3,(H2,23,28)(H,25,26)/t17-/m1/s1. The zero-order chi connectivity index (χ0) is 21.0. The number of hydrogen-bond acceptors (Lipinski definition) is 6. The first-order valence-corrected chi connectivity index (χ1v) is 9.06. The minimum Gasteiger partial charge on any atom is -0.494 e. The number of carbonyl (C=O) groups is 1. The number of aromatic nitrogens is 1. The van der Waals surface area contributed by atoms with Gasteiger partial charge in [0.05, 0.1) is 36.5 Å². The van der Waals surface area contributed by atoms with E-state index in [-0.39, 0.29) is 24.0 Å². The van der Waals surface area contributed by atoms with E-state index in [1.165, 1.54) is 19.4 Å². The first-order valence-electron chi connectivity index (χ1n) is 9.06. The highest BCUT2D eigenvalue weighted by atomic mass is 19.1. The molecule has 1 aromatic heterocycles. The summed E-state index contributed by atoms with van der Waals surface area (Å²) < 4.78 is 19.2. The molecule has 1 amide bonds. The Kier molecular flexibility index (Phi) is 6.26. The smallest absolute Gasteiger partial charge is 0.250 e. The number of halogens is 1. The Morgan fingerprint density at radius 1 is 1.34 bits per heavy atom. The Morgan fingerprint density at radius 2 is 2.14 bits per heavy atom. The first kappa shape index (κ1) is 20.5. The van der Waals surface area contributed by atoms with Crippen molar-refractivity contribution in [1.82, 2.24) is 10.3 Å². The Labute approximate surface area is 167 Å². The minimum atomic E-state index is -0.588. The minimum absolute atomic E-state index is 0.161. The van der Waals surface area contributed by atoms with Crippen molar-refractivity contribution >= 4 is 22.5 Å². The molecule has 0 fully saturated rings. The van der Waals surface area contributed by atoms with E-state index in [4.69, 9.17) is 10.5 Å². The fourth-order valence-electron chi connectivity index (χ4n) is 3.28. The van der Waals surface area contributed by atoms with Crippen LogP contribution in [0, 0.1) is 5.82 Å². The monoisotopic (exact) mass is 398 g/mol. The van der Waals surface area contributed by atoms with E-state index in [2.05, 4.69) is 15.6 Å². The lowest BCUT2D eigenvalue weighted by atomic mass is 10.0. The second-order valence-corrected chi connectivity index (χ2v) is 6.53. The highest BCUT2D eigenvalue weighted by molar-refractivity contribution is 6.08. The zero-order valence-corrected chi connectivity index (χ0v) is 16.2. The van der Waals surface area contributed by atoms with Gasteiger partial charge < -0.3 is 26.2 Å². The van der Waals surface area contributed by atoms with Crippen molar-refractivity contribution in [2.75, 3.05) is 26.0 Å². The Hall–Kier alpha value is -3.23. The number of likely N-dealkylation sites (N-methyl/N-ethyl adjacent to an activating group) is 1. The molecule has 8 heteroatoms. The highest BCUT2D eigenvalue weighted by Gasteiger charge is 2.19. The molecule has 0 aliphatic carbocycles. The van der Waals surface area contributed by atoms with Crippen LogP contribution < -0.4 is 21.1 Å². The fraction of sp³-hybridized carbons (Fsp3) is 0.238.